The zero-order valence-electron chi connectivity index (χ0n) is 7.58. The second-order valence-corrected chi connectivity index (χ2v) is 2.82. The van der Waals surface area contributed by atoms with E-state index >= 15 is 0 Å². The van der Waals surface area contributed by atoms with Crippen molar-refractivity contribution in [1.82, 2.24) is 0 Å². The van der Waals surface area contributed by atoms with Crippen LogP contribution in [0.3, 0.4) is 0 Å². The Hall–Kier alpha value is -1.35. The fourth-order valence-corrected chi connectivity index (χ4v) is 1.21. The van der Waals surface area contributed by atoms with Crippen molar-refractivity contribution in [2.24, 2.45) is 5.73 Å². The number of hydrogen-bond donors (Lipinski definition) is 2. The average molecular weight is 179 g/mol. The Bertz CT molecular complexity index is 321. The summed E-state index contributed by atoms with van der Waals surface area (Å²) in [7, 11) is 0. The number of rotatable bonds is 3. The molecule has 3 heteroatoms. The fraction of sp³-hybridized carbons (Fsp3) is 0.300. The van der Waals surface area contributed by atoms with Gasteiger partial charge < -0.3 is 10.8 Å². The summed E-state index contributed by atoms with van der Waals surface area (Å²) in [6.45, 7) is 2.07. The third-order valence-electron chi connectivity index (χ3n) is 1.93. The van der Waals surface area contributed by atoms with Gasteiger partial charge in [0, 0.05) is 18.5 Å². The Labute approximate surface area is 77.2 Å². The molecule has 0 radical (unpaired) electrons. The second-order valence-electron chi connectivity index (χ2n) is 2.82. The van der Waals surface area contributed by atoms with E-state index in [1.54, 1.807) is 13.0 Å². The van der Waals surface area contributed by atoms with Gasteiger partial charge in [0.2, 0.25) is 0 Å². The van der Waals surface area contributed by atoms with Crippen molar-refractivity contribution in [3.8, 4) is 5.75 Å². The minimum absolute atomic E-state index is 0.0560. The van der Waals surface area contributed by atoms with Crippen molar-refractivity contribution in [2.45, 2.75) is 19.9 Å². The molecular weight excluding hydrogens is 166 g/mol. The van der Waals surface area contributed by atoms with Crippen molar-refractivity contribution >= 4 is 5.78 Å². The van der Waals surface area contributed by atoms with E-state index < -0.39 is 0 Å². The molecule has 1 aromatic carbocycles. The summed E-state index contributed by atoms with van der Waals surface area (Å²) in [5, 5.41) is 9.16. The maximum absolute atomic E-state index is 11.4. The molecule has 0 aliphatic carbocycles. The van der Waals surface area contributed by atoms with Gasteiger partial charge in [-0.15, -0.1) is 0 Å². The Morgan fingerprint density at radius 1 is 1.54 bits per heavy atom. The number of carbonyl (C=O) groups is 1. The van der Waals surface area contributed by atoms with Crippen LogP contribution in [0.25, 0.3) is 0 Å². The molecular formula is C10H13NO2. The normalized spacial score (nSPS) is 10.0. The van der Waals surface area contributed by atoms with Gasteiger partial charge in [0.1, 0.15) is 5.75 Å². The molecule has 13 heavy (non-hydrogen) atoms. The number of Topliss-reactive ketones (excluding diaryl/α,β-unsaturated/α-hetero) is 1. The number of hydrogen-bond acceptors (Lipinski definition) is 3. The van der Waals surface area contributed by atoms with E-state index in [4.69, 9.17) is 10.8 Å². The lowest BCUT2D eigenvalue weighted by Gasteiger charge is -2.05. The fourth-order valence-electron chi connectivity index (χ4n) is 1.21. The summed E-state index contributed by atoms with van der Waals surface area (Å²) in [4.78, 5) is 11.4. The summed E-state index contributed by atoms with van der Waals surface area (Å²) in [5.41, 5.74) is 6.76. The average Bonchev–Trinajstić information content (AvgIpc) is 2.16. The Balaban J connectivity index is 3.13. The highest BCUT2D eigenvalue weighted by Crippen LogP contribution is 2.17. The molecule has 1 rings (SSSR count). The van der Waals surface area contributed by atoms with Crippen LogP contribution in [0, 0.1) is 0 Å². The van der Waals surface area contributed by atoms with Crippen molar-refractivity contribution in [1.29, 1.82) is 0 Å². The third-order valence-corrected chi connectivity index (χ3v) is 1.93. The molecule has 0 saturated carbocycles. The van der Waals surface area contributed by atoms with E-state index in [2.05, 4.69) is 0 Å². The number of phenolic OH excluding ortho intramolecular Hbond substituents is 1. The van der Waals surface area contributed by atoms with Gasteiger partial charge >= 0.3 is 0 Å². The first-order chi connectivity index (χ1) is 6.19. The largest absolute Gasteiger partial charge is 0.508 e. The van der Waals surface area contributed by atoms with Gasteiger partial charge in [-0.3, -0.25) is 4.79 Å². The number of nitrogens with two attached hydrogens (primary N) is 1. The molecule has 0 atom stereocenters. The van der Waals surface area contributed by atoms with Gasteiger partial charge in [-0.1, -0.05) is 6.92 Å². The zero-order chi connectivity index (χ0) is 9.84. The highest BCUT2D eigenvalue weighted by Gasteiger charge is 2.08. The number of benzene rings is 1. The highest BCUT2D eigenvalue weighted by atomic mass is 16.3. The third kappa shape index (κ3) is 2.06. The first kappa shape index (κ1) is 9.74. The van der Waals surface area contributed by atoms with Crippen molar-refractivity contribution in [2.75, 3.05) is 0 Å². The maximum atomic E-state index is 11.4. The van der Waals surface area contributed by atoms with Gasteiger partial charge in [0.25, 0.3) is 0 Å². The monoisotopic (exact) mass is 179 g/mol. The predicted molar refractivity (Wildman–Crippen MR) is 50.6 cm³/mol. The minimum Gasteiger partial charge on any atom is -0.508 e. The van der Waals surface area contributed by atoms with Crippen LogP contribution < -0.4 is 5.73 Å². The number of aromatic hydroxyl groups is 1. The summed E-state index contributed by atoms with van der Waals surface area (Å²) < 4.78 is 0. The minimum atomic E-state index is 0.0560. The topological polar surface area (TPSA) is 63.3 Å². The first-order valence-electron chi connectivity index (χ1n) is 4.24. The Kier molecular flexibility index (Phi) is 3.03. The van der Waals surface area contributed by atoms with Crippen LogP contribution in [-0.4, -0.2) is 10.9 Å². The molecule has 70 valence electrons. The van der Waals surface area contributed by atoms with E-state index in [1.165, 1.54) is 12.1 Å². The zero-order valence-corrected chi connectivity index (χ0v) is 7.58. The van der Waals surface area contributed by atoms with Gasteiger partial charge in [0.05, 0.1) is 0 Å². The van der Waals surface area contributed by atoms with Gasteiger partial charge in [-0.25, -0.2) is 0 Å². The summed E-state index contributed by atoms with van der Waals surface area (Å²) >= 11 is 0. The predicted octanol–water partition coefficient (Wildman–Crippen LogP) is 1.44. The SMILES string of the molecule is CCC(=O)c1ccc(O)cc1CN. The highest BCUT2D eigenvalue weighted by molar-refractivity contribution is 5.97. The Morgan fingerprint density at radius 2 is 2.23 bits per heavy atom. The molecule has 0 heterocycles. The van der Waals surface area contributed by atoms with Gasteiger partial charge in [-0.05, 0) is 23.8 Å². The molecule has 0 spiro atoms. The maximum Gasteiger partial charge on any atom is 0.162 e. The lowest BCUT2D eigenvalue weighted by atomic mass is 10.0. The molecule has 0 unspecified atom stereocenters. The second kappa shape index (κ2) is 4.05. The van der Waals surface area contributed by atoms with Crippen LogP contribution in [-0.2, 0) is 6.54 Å². The van der Waals surface area contributed by atoms with Crippen LogP contribution in [0.4, 0.5) is 0 Å². The lowest BCUT2D eigenvalue weighted by Crippen LogP contribution is -2.06. The van der Waals surface area contributed by atoms with Crippen molar-refractivity contribution in [3.63, 3.8) is 0 Å². The summed E-state index contributed by atoms with van der Waals surface area (Å²) in [5.74, 6) is 0.202. The molecule has 0 aromatic heterocycles. The van der Waals surface area contributed by atoms with Crippen LogP contribution in [0.1, 0.15) is 29.3 Å². The lowest BCUT2D eigenvalue weighted by molar-refractivity contribution is 0.0987. The number of carbonyl (C=O) groups excluding carboxylic acids is 1. The number of ketones is 1. The molecule has 0 aliphatic rings. The van der Waals surface area contributed by atoms with Crippen molar-refractivity contribution < 1.29 is 9.90 Å². The molecule has 0 amide bonds. The van der Waals surface area contributed by atoms with Crippen LogP contribution in [0.5, 0.6) is 5.75 Å². The van der Waals surface area contributed by atoms with E-state index in [0.717, 1.165) is 0 Å². The standard InChI is InChI=1S/C10H13NO2/c1-2-10(13)9-4-3-8(12)5-7(9)6-11/h3-5,12H,2,6,11H2,1H3. The van der Waals surface area contributed by atoms with Crippen LogP contribution in [0.15, 0.2) is 18.2 Å². The van der Waals surface area contributed by atoms with Crippen LogP contribution in [0.2, 0.25) is 0 Å². The molecule has 0 bridgehead atoms. The van der Waals surface area contributed by atoms with Crippen LogP contribution >= 0.6 is 0 Å². The molecule has 1 aromatic rings. The molecule has 3 nitrogen and oxygen atoms in total. The molecule has 0 aliphatic heterocycles. The van der Waals surface area contributed by atoms with E-state index in [-0.39, 0.29) is 18.1 Å². The van der Waals surface area contributed by atoms with E-state index in [0.29, 0.717) is 17.5 Å². The smallest absolute Gasteiger partial charge is 0.162 e. The van der Waals surface area contributed by atoms with E-state index in [1.807, 2.05) is 0 Å². The molecule has 3 N–H and O–H groups in total. The summed E-state index contributed by atoms with van der Waals surface area (Å²) in [6, 6.07) is 4.65. The van der Waals surface area contributed by atoms with Gasteiger partial charge in [0.15, 0.2) is 5.78 Å². The van der Waals surface area contributed by atoms with Gasteiger partial charge in [-0.2, -0.15) is 0 Å². The van der Waals surface area contributed by atoms with Crippen molar-refractivity contribution in [3.05, 3.63) is 29.3 Å². The Morgan fingerprint density at radius 3 is 2.77 bits per heavy atom. The van der Waals surface area contributed by atoms with E-state index in [9.17, 15) is 4.79 Å². The summed E-state index contributed by atoms with van der Waals surface area (Å²) in [6.07, 6.45) is 0.456. The molecule has 0 saturated heterocycles. The quantitative estimate of drug-likeness (QED) is 0.690. The number of phenols is 1. The first-order valence-corrected chi connectivity index (χ1v) is 4.24. The molecule has 0 fully saturated rings.